The fraction of sp³-hybridized carbons (Fsp3) is 0.900. The molecule has 3 heteroatoms. The maximum atomic E-state index is 10.9. The molecule has 13 heavy (non-hydrogen) atoms. The molecule has 0 aromatic heterocycles. The number of carbonyl (C=O) groups is 1. The predicted molar refractivity (Wildman–Crippen MR) is 51.6 cm³/mol. The maximum absolute atomic E-state index is 10.9. The highest BCUT2D eigenvalue weighted by molar-refractivity contribution is 5.74. The van der Waals surface area contributed by atoms with Crippen molar-refractivity contribution in [3.63, 3.8) is 0 Å². The Kier molecular flexibility index (Phi) is 3.91. The van der Waals surface area contributed by atoms with Gasteiger partial charge in [0.2, 0.25) is 0 Å². The summed E-state index contributed by atoms with van der Waals surface area (Å²) in [7, 11) is 0. The number of carboxylic acids is 1. The van der Waals surface area contributed by atoms with Crippen molar-refractivity contribution >= 4 is 5.97 Å². The smallest absolute Gasteiger partial charge is 0.309 e. The van der Waals surface area contributed by atoms with Gasteiger partial charge in [-0.05, 0) is 33.1 Å². The largest absolute Gasteiger partial charge is 0.481 e. The molecule has 0 rings (SSSR count). The first-order valence-electron chi connectivity index (χ1n) is 4.73. The molecule has 0 heterocycles. The van der Waals surface area contributed by atoms with Crippen molar-refractivity contribution in [2.75, 3.05) is 0 Å². The van der Waals surface area contributed by atoms with E-state index in [1.807, 2.05) is 13.8 Å². The molecule has 2 atom stereocenters. The Morgan fingerprint density at radius 1 is 1.23 bits per heavy atom. The average molecular weight is 188 g/mol. The molecule has 0 fully saturated rings. The van der Waals surface area contributed by atoms with Gasteiger partial charge in [-0.15, -0.1) is 0 Å². The lowest BCUT2D eigenvalue weighted by Gasteiger charge is -2.32. The Morgan fingerprint density at radius 2 is 1.69 bits per heavy atom. The van der Waals surface area contributed by atoms with Crippen LogP contribution in [0.3, 0.4) is 0 Å². The summed E-state index contributed by atoms with van der Waals surface area (Å²) in [4.78, 5) is 10.9. The van der Waals surface area contributed by atoms with E-state index in [9.17, 15) is 9.90 Å². The minimum absolute atomic E-state index is 0.308. The molecule has 0 aliphatic heterocycles. The van der Waals surface area contributed by atoms with E-state index in [1.165, 1.54) is 0 Å². The molecule has 0 radical (unpaired) electrons. The molecule has 0 amide bonds. The topological polar surface area (TPSA) is 57.5 Å². The summed E-state index contributed by atoms with van der Waals surface area (Å²) in [6.45, 7) is 7.06. The minimum Gasteiger partial charge on any atom is -0.481 e. The normalized spacial score (nSPS) is 20.4. The highest BCUT2D eigenvalue weighted by Gasteiger charge is 2.37. The average Bonchev–Trinajstić information content (AvgIpc) is 2.03. The molecule has 0 aromatic carbocycles. The third kappa shape index (κ3) is 3.35. The SMILES string of the molecule is CCC(C)(O)CC(C)(CC)C(=O)O. The van der Waals surface area contributed by atoms with Gasteiger partial charge in [-0.25, -0.2) is 0 Å². The van der Waals surface area contributed by atoms with E-state index in [0.29, 0.717) is 19.3 Å². The molecule has 78 valence electrons. The van der Waals surface area contributed by atoms with Gasteiger partial charge in [0, 0.05) is 0 Å². The van der Waals surface area contributed by atoms with Crippen LogP contribution in [0.15, 0.2) is 0 Å². The number of hydrogen-bond acceptors (Lipinski definition) is 2. The van der Waals surface area contributed by atoms with Gasteiger partial charge in [-0.2, -0.15) is 0 Å². The molecular formula is C10H20O3. The van der Waals surface area contributed by atoms with Crippen LogP contribution in [0, 0.1) is 5.41 Å². The second-order valence-electron chi connectivity index (χ2n) is 4.25. The van der Waals surface area contributed by atoms with Gasteiger partial charge >= 0.3 is 5.97 Å². The molecule has 2 unspecified atom stereocenters. The zero-order chi connectivity index (χ0) is 10.7. The van der Waals surface area contributed by atoms with Crippen molar-refractivity contribution in [3.8, 4) is 0 Å². The molecular weight excluding hydrogens is 168 g/mol. The summed E-state index contributed by atoms with van der Waals surface area (Å²) in [6, 6.07) is 0. The summed E-state index contributed by atoms with van der Waals surface area (Å²) in [5, 5.41) is 18.8. The Balaban J connectivity index is 4.54. The van der Waals surface area contributed by atoms with E-state index >= 15 is 0 Å². The first-order chi connectivity index (χ1) is 5.77. The molecule has 0 saturated heterocycles. The Labute approximate surface area is 79.8 Å². The van der Waals surface area contributed by atoms with Gasteiger partial charge in [-0.3, -0.25) is 4.79 Å². The van der Waals surface area contributed by atoms with E-state index in [1.54, 1.807) is 13.8 Å². The standard InChI is InChI=1S/C10H20O3/c1-5-9(3,8(11)12)7-10(4,13)6-2/h13H,5-7H2,1-4H3,(H,11,12). The van der Waals surface area contributed by atoms with E-state index < -0.39 is 17.0 Å². The van der Waals surface area contributed by atoms with Crippen LogP contribution >= 0.6 is 0 Å². The highest BCUT2D eigenvalue weighted by atomic mass is 16.4. The van der Waals surface area contributed by atoms with Crippen LogP contribution in [0.2, 0.25) is 0 Å². The van der Waals surface area contributed by atoms with E-state index in [0.717, 1.165) is 0 Å². The third-order valence-electron chi connectivity index (χ3n) is 2.83. The van der Waals surface area contributed by atoms with Crippen molar-refractivity contribution in [2.24, 2.45) is 5.41 Å². The maximum Gasteiger partial charge on any atom is 0.309 e. The highest BCUT2D eigenvalue weighted by Crippen LogP contribution is 2.33. The summed E-state index contributed by atoms with van der Waals surface area (Å²) in [6.07, 6.45) is 1.43. The zero-order valence-corrected chi connectivity index (χ0v) is 8.92. The molecule has 0 saturated carbocycles. The van der Waals surface area contributed by atoms with Crippen LogP contribution < -0.4 is 0 Å². The second kappa shape index (κ2) is 4.09. The summed E-state index contributed by atoms with van der Waals surface area (Å²) < 4.78 is 0. The van der Waals surface area contributed by atoms with Gasteiger partial charge in [-0.1, -0.05) is 13.8 Å². The molecule has 0 aliphatic carbocycles. The molecule has 0 aliphatic rings. The number of hydrogen-bond donors (Lipinski definition) is 2. The number of aliphatic carboxylic acids is 1. The zero-order valence-electron chi connectivity index (χ0n) is 8.92. The van der Waals surface area contributed by atoms with Crippen LogP contribution in [0.1, 0.15) is 47.0 Å². The van der Waals surface area contributed by atoms with Gasteiger partial charge in [0.25, 0.3) is 0 Å². The number of carboxylic acid groups (broad SMARTS) is 1. The predicted octanol–water partition coefficient (Wildman–Crippen LogP) is 2.04. The fourth-order valence-corrected chi connectivity index (χ4v) is 1.32. The summed E-state index contributed by atoms with van der Waals surface area (Å²) in [5.41, 5.74) is -1.68. The minimum atomic E-state index is -0.872. The van der Waals surface area contributed by atoms with Gasteiger partial charge in [0.1, 0.15) is 0 Å². The monoisotopic (exact) mass is 188 g/mol. The third-order valence-corrected chi connectivity index (χ3v) is 2.83. The van der Waals surface area contributed by atoms with E-state index in [4.69, 9.17) is 5.11 Å². The molecule has 0 spiro atoms. The van der Waals surface area contributed by atoms with E-state index in [2.05, 4.69) is 0 Å². The molecule has 0 aromatic rings. The van der Waals surface area contributed by atoms with Crippen molar-refractivity contribution in [1.29, 1.82) is 0 Å². The fourth-order valence-electron chi connectivity index (χ4n) is 1.32. The first kappa shape index (κ1) is 12.4. The van der Waals surface area contributed by atoms with Crippen molar-refractivity contribution in [1.82, 2.24) is 0 Å². The number of rotatable bonds is 5. The molecule has 0 bridgehead atoms. The lowest BCUT2D eigenvalue weighted by Crippen LogP contribution is -2.37. The van der Waals surface area contributed by atoms with Crippen LogP contribution in [0.25, 0.3) is 0 Å². The van der Waals surface area contributed by atoms with Crippen LogP contribution in [0.5, 0.6) is 0 Å². The Hall–Kier alpha value is -0.570. The van der Waals surface area contributed by atoms with Crippen LogP contribution in [-0.2, 0) is 4.79 Å². The lowest BCUT2D eigenvalue weighted by molar-refractivity contribution is -0.152. The molecule has 2 N–H and O–H groups in total. The second-order valence-corrected chi connectivity index (χ2v) is 4.25. The summed E-state index contributed by atoms with van der Waals surface area (Å²) in [5.74, 6) is -0.830. The Morgan fingerprint density at radius 3 is 1.92 bits per heavy atom. The summed E-state index contributed by atoms with van der Waals surface area (Å²) >= 11 is 0. The lowest BCUT2D eigenvalue weighted by atomic mass is 9.76. The number of aliphatic hydroxyl groups is 1. The van der Waals surface area contributed by atoms with Crippen molar-refractivity contribution < 1.29 is 15.0 Å². The van der Waals surface area contributed by atoms with Crippen molar-refractivity contribution in [2.45, 2.75) is 52.6 Å². The van der Waals surface area contributed by atoms with Gasteiger partial charge in [0.15, 0.2) is 0 Å². The molecule has 3 nitrogen and oxygen atoms in total. The van der Waals surface area contributed by atoms with Gasteiger partial charge < -0.3 is 10.2 Å². The van der Waals surface area contributed by atoms with Crippen molar-refractivity contribution in [3.05, 3.63) is 0 Å². The first-order valence-corrected chi connectivity index (χ1v) is 4.73. The van der Waals surface area contributed by atoms with Gasteiger partial charge in [0.05, 0.1) is 11.0 Å². The van der Waals surface area contributed by atoms with E-state index in [-0.39, 0.29) is 0 Å². The van der Waals surface area contributed by atoms with Crippen LogP contribution in [0.4, 0.5) is 0 Å². The van der Waals surface area contributed by atoms with Crippen LogP contribution in [-0.4, -0.2) is 21.8 Å². The quantitative estimate of drug-likeness (QED) is 0.694. The Bertz CT molecular complexity index is 187.